The van der Waals surface area contributed by atoms with E-state index in [1.54, 1.807) is 12.1 Å². The summed E-state index contributed by atoms with van der Waals surface area (Å²) in [6.45, 7) is -0.204. The van der Waals surface area contributed by atoms with Gasteiger partial charge < -0.3 is 10.2 Å². The maximum absolute atomic E-state index is 12.1. The summed E-state index contributed by atoms with van der Waals surface area (Å²) < 4.78 is 0. The van der Waals surface area contributed by atoms with Gasteiger partial charge >= 0.3 is 0 Å². The number of benzene rings is 2. The summed E-state index contributed by atoms with van der Waals surface area (Å²) in [7, 11) is 0. The zero-order valence-corrected chi connectivity index (χ0v) is 14.1. The number of oxime groups is 1. The second-order valence-corrected chi connectivity index (χ2v) is 6.07. The van der Waals surface area contributed by atoms with Crippen LogP contribution in [0, 0.1) is 10.1 Å². The van der Waals surface area contributed by atoms with Crippen LogP contribution in [0.5, 0.6) is 0 Å². The number of carbonyl (C=O) groups excluding carboxylic acids is 1. The van der Waals surface area contributed by atoms with Crippen LogP contribution in [-0.4, -0.2) is 23.7 Å². The van der Waals surface area contributed by atoms with Gasteiger partial charge in [-0.3, -0.25) is 14.9 Å². The highest BCUT2D eigenvalue weighted by atomic mass is 16.6. The number of amides is 1. The van der Waals surface area contributed by atoms with E-state index >= 15 is 0 Å². The van der Waals surface area contributed by atoms with Crippen LogP contribution in [-0.2, 0) is 16.1 Å². The van der Waals surface area contributed by atoms with Gasteiger partial charge in [0.25, 0.3) is 11.6 Å². The summed E-state index contributed by atoms with van der Waals surface area (Å²) >= 11 is 0. The molecule has 0 saturated heterocycles. The van der Waals surface area contributed by atoms with Gasteiger partial charge in [-0.25, -0.2) is 0 Å². The summed E-state index contributed by atoms with van der Waals surface area (Å²) in [5, 5.41) is 17.4. The summed E-state index contributed by atoms with van der Waals surface area (Å²) in [5.74, 6) is -0.247. The third-order valence-corrected chi connectivity index (χ3v) is 4.26. The first-order valence-electron chi connectivity index (χ1n) is 8.40. The molecule has 0 bridgehead atoms. The first-order chi connectivity index (χ1) is 12.6. The normalized spacial score (nSPS) is 16.1. The smallest absolute Gasteiger partial charge is 0.270 e. The number of nitrogens with one attached hydrogen (secondary N) is 1. The topological polar surface area (TPSA) is 93.8 Å². The molecule has 1 atom stereocenters. The van der Waals surface area contributed by atoms with Gasteiger partial charge in [-0.05, 0) is 30.4 Å². The molecule has 2 aromatic carbocycles. The molecule has 26 heavy (non-hydrogen) atoms. The molecule has 0 spiro atoms. The lowest BCUT2D eigenvalue weighted by molar-refractivity contribution is -0.384. The van der Waals surface area contributed by atoms with Crippen LogP contribution < -0.4 is 5.32 Å². The Morgan fingerprint density at radius 2 is 2.15 bits per heavy atom. The van der Waals surface area contributed by atoms with Crippen LogP contribution >= 0.6 is 0 Å². The van der Waals surface area contributed by atoms with Gasteiger partial charge in [-0.15, -0.1) is 0 Å². The largest absolute Gasteiger partial charge is 0.386 e. The number of nitro groups is 1. The lowest BCUT2D eigenvalue weighted by Gasteiger charge is -2.26. The number of non-ortho nitro benzene ring substituents is 1. The Morgan fingerprint density at radius 3 is 3.00 bits per heavy atom. The Kier molecular flexibility index (Phi) is 5.58. The van der Waals surface area contributed by atoms with Crippen molar-refractivity contribution in [3.63, 3.8) is 0 Å². The SMILES string of the molecule is O=C(CO/N=C\c1cccc([N+](=O)[O-])c1)N[C@H]1CCCc2ccccc21. The molecule has 1 aliphatic rings. The van der Waals surface area contributed by atoms with E-state index in [0.29, 0.717) is 5.56 Å². The van der Waals surface area contributed by atoms with Crippen LogP contribution in [0.15, 0.2) is 53.7 Å². The average Bonchev–Trinajstić information content (AvgIpc) is 2.66. The Bertz CT molecular complexity index is 835. The van der Waals surface area contributed by atoms with E-state index in [0.717, 1.165) is 24.8 Å². The molecule has 0 radical (unpaired) electrons. The molecule has 2 aromatic rings. The van der Waals surface area contributed by atoms with Crippen molar-refractivity contribution in [2.24, 2.45) is 5.16 Å². The van der Waals surface area contributed by atoms with E-state index in [1.165, 1.54) is 23.9 Å². The van der Waals surface area contributed by atoms with Gasteiger partial charge in [0.2, 0.25) is 0 Å². The maximum atomic E-state index is 12.1. The second kappa shape index (κ2) is 8.24. The van der Waals surface area contributed by atoms with Crippen LogP contribution in [0.1, 0.15) is 35.6 Å². The molecule has 1 aliphatic carbocycles. The average molecular weight is 353 g/mol. The van der Waals surface area contributed by atoms with E-state index in [9.17, 15) is 14.9 Å². The van der Waals surface area contributed by atoms with Gasteiger partial charge in [0.15, 0.2) is 6.61 Å². The summed E-state index contributed by atoms with van der Waals surface area (Å²) in [5.41, 5.74) is 2.93. The highest BCUT2D eigenvalue weighted by Crippen LogP contribution is 2.29. The quantitative estimate of drug-likeness (QED) is 0.490. The molecule has 134 valence electrons. The highest BCUT2D eigenvalue weighted by molar-refractivity contribution is 5.80. The fourth-order valence-corrected chi connectivity index (χ4v) is 3.05. The molecule has 1 N–H and O–H groups in total. The molecule has 0 fully saturated rings. The summed E-state index contributed by atoms with van der Waals surface area (Å²) in [4.78, 5) is 27.3. The number of hydrogen-bond donors (Lipinski definition) is 1. The minimum atomic E-state index is -0.479. The highest BCUT2D eigenvalue weighted by Gasteiger charge is 2.21. The fraction of sp³-hybridized carbons (Fsp3) is 0.263. The Balaban J connectivity index is 1.51. The molecule has 0 unspecified atom stereocenters. The number of carbonyl (C=O) groups is 1. The van der Waals surface area contributed by atoms with E-state index in [2.05, 4.69) is 16.5 Å². The molecule has 0 aliphatic heterocycles. The van der Waals surface area contributed by atoms with Crippen molar-refractivity contribution in [3.05, 3.63) is 75.3 Å². The lowest BCUT2D eigenvalue weighted by Crippen LogP contribution is -2.33. The zero-order chi connectivity index (χ0) is 18.4. The molecule has 0 saturated carbocycles. The molecule has 7 nitrogen and oxygen atoms in total. The number of rotatable bonds is 6. The zero-order valence-electron chi connectivity index (χ0n) is 14.1. The molecular weight excluding hydrogens is 334 g/mol. The number of aryl methyl sites for hydroxylation is 1. The van der Waals surface area contributed by atoms with Crippen molar-refractivity contribution in [2.45, 2.75) is 25.3 Å². The van der Waals surface area contributed by atoms with E-state index < -0.39 is 4.92 Å². The van der Waals surface area contributed by atoms with Crippen molar-refractivity contribution in [1.82, 2.24) is 5.32 Å². The van der Waals surface area contributed by atoms with Gasteiger partial charge in [-0.2, -0.15) is 0 Å². The Hall–Kier alpha value is -3.22. The predicted molar refractivity (Wildman–Crippen MR) is 96.9 cm³/mol. The third kappa shape index (κ3) is 4.44. The first-order valence-corrected chi connectivity index (χ1v) is 8.40. The molecule has 0 aromatic heterocycles. The van der Waals surface area contributed by atoms with Crippen molar-refractivity contribution in [3.8, 4) is 0 Å². The maximum Gasteiger partial charge on any atom is 0.270 e. The molecular formula is C19H19N3O4. The third-order valence-electron chi connectivity index (χ3n) is 4.26. The van der Waals surface area contributed by atoms with Crippen molar-refractivity contribution < 1.29 is 14.6 Å². The predicted octanol–water partition coefficient (Wildman–Crippen LogP) is 3.14. The summed E-state index contributed by atoms with van der Waals surface area (Å²) in [6.07, 6.45) is 4.32. The van der Waals surface area contributed by atoms with Crippen LogP contribution in [0.2, 0.25) is 0 Å². The van der Waals surface area contributed by atoms with E-state index in [-0.39, 0.29) is 24.2 Å². The number of hydrogen-bond acceptors (Lipinski definition) is 5. The minimum Gasteiger partial charge on any atom is -0.386 e. The van der Waals surface area contributed by atoms with Crippen LogP contribution in [0.4, 0.5) is 5.69 Å². The first kappa shape index (κ1) is 17.6. The molecule has 3 rings (SSSR count). The van der Waals surface area contributed by atoms with Crippen LogP contribution in [0.3, 0.4) is 0 Å². The second-order valence-electron chi connectivity index (χ2n) is 6.07. The lowest BCUT2D eigenvalue weighted by atomic mass is 9.88. The van der Waals surface area contributed by atoms with Gasteiger partial charge in [0, 0.05) is 17.7 Å². The standard InChI is InChI=1S/C19H19N3O4/c23-19(21-18-10-4-7-15-6-1-2-9-17(15)18)13-26-20-12-14-5-3-8-16(11-14)22(24)25/h1-3,5-6,8-9,11-12,18H,4,7,10,13H2,(H,21,23)/b20-12-/t18-/m0/s1. The summed E-state index contributed by atoms with van der Waals surface area (Å²) in [6, 6.07) is 14.1. The Labute approximate surface area is 150 Å². The van der Waals surface area contributed by atoms with Crippen LogP contribution in [0.25, 0.3) is 0 Å². The number of fused-ring (bicyclic) bond motifs is 1. The van der Waals surface area contributed by atoms with E-state index in [4.69, 9.17) is 4.84 Å². The number of nitrogens with zero attached hydrogens (tertiary/aromatic N) is 2. The van der Waals surface area contributed by atoms with Gasteiger partial charge in [0.05, 0.1) is 17.2 Å². The van der Waals surface area contributed by atoms with E-state index in [1.807, 2.05) is 18.2 Å². The minimum absolute atomic E-state index is 0.00296. The van der Waals surface area contributed by atoms with Crippen molar-refractivity contribution in [1.29, 1.82) is 0 Å². The van der Waals surface area contributed by atoms with Crippen molar-refractivity contribution in [2.75, 3.05) is 6.61 Å². The van der Waals surface area contributed by atoms with Gasteiger partial charge in [-0.1, -0.05) is 41.6 Å². The Morgan fingerprint density at radius 1 is 1.31 bits per heavy atom. The molecule has 7 heteroatoms. The molecule has 0 heterocycles. The fourth-order valence-electron chi connectivity index (χ4n) is 3.05. The number of nitro benzene ring substituents is 1. The monoisotopic (exact) mass is 353 g/mol. The molecule has 1 amide bonds. The van der Waals surface area contributed by atoms with Gasteiger partial charge in [0.1, 0.15) is 0 Å². The van der Waals surface area contributed by atoms with Crippen molar-refractivity contribution >= 4 is 17.8 Å².